The van der Waals surface area contributed by atoms with Gasteiger partial charge in [-0.15, -0.1) is 0 Å². The van der Waals surface area contributed by atoms with Crippen LogP contribution in [-0.2, 0) is 0 Å². The SMILES string of the molecule is N[I-]C[C@@H]1C[C@@H]1F. The summed E-state index contributed by atoms with van der Waals surface area (Å²) in [5.74, 6) is 0.373. The number of halogens is 2. The zero-order valence-corrected chi connectivity index (χ0v) is 6.06. The number of rotatable bonds is 2. The fourth-order valence-corrected chi connectivity index (χ4v) is 2.05. The van der Waals surface area contributed by atoms with Gasteiger partial charge in [-0.05, 0) is 0 Å². The first-order valence-corrected chi connectivity index (χ1v) is 5.03. The average Bonchev–Trinajstić information content (AvgIpc) is 2.22. The van der Waals surface area contributed by atoms with E-state index in [9.17, 15) is 4.39 Å². The van der Waals surface area contributed by atoms with Gasteiger partial charge in [0, 0.05) is 0 Å². The van der Waals surface area contributed by atoms with Crippen LogP contribution in [0, 0.1) is 5.92 Å². The summed E-state index contributed by atoms with van der Waals surface area (Å²) in [7, 11) is 0. The minimum atomic E-state index is -0.483. The van der Waals surface area contributed by atoms with E-state index in [1.54, 1.807) is 0 Å². The molecule has 2 atom stereocenters. The molecular weight excluding hydrogens is 208 g/mol. The molecule has 0 aliphatic heterocycles. The Balaban J connectivity index is 1.98. The van der Waals surface area contributed by atoms with Crippen molar-refractivity contribution in [2.24, 2.45) is 9.86 Å². The molecule has 3 heteroatoms. The molecule has 0 aromatic rings. The van der Waals surface area contributed by atoms with Crippen LogP contribution in [0.5, 0.6) is 0 Å². The summed E-state index contributed by atoms with van der Waals surface area (Å²) in [6, 6.07) is 0. The van der Waals surface area contributed by atoms with E-state index < -0.39 is 6.17 Å². The summed E-state index contributed by atoms with van der Waals surface area (Å²) in [5, 5.41) is 0. The van der Waals surface area contributed by atoms with Gasteiger partial charge in [-0.2, -0.15) is 0 Å². The molecule has 0 unspecified atom stereocenters. The van der Waals surface area contributed by atoms with Crippen LogP contribution in [0.3, 0.4) is 0 Å². The number of hydrogen-bond acceptors (Lipinski definition) is 1. The molecule has 1 aliphatic carbocycles. The molecule has 2 N–H and O–H groups in total. The molecule has 1 nitrogen and oxygen atoms in total. The van der Waals surface area contributed by atoms with E-state index >= 15 is 0 Å². The van der Waals surface area contributed by atoms with Crippen LogP contribution < -0.4 is 25.4 Å². The third-order valence-electron chi connectivity index (χ3n) is 1.12. The molecule has 0 aromatic carbocycles. The van der Waals surface area contributed by atoms with Crippen molar-refractivity contribution in [1.29, 1.82) is 0 Å². The van der Waals surface area contributed by atoms with Crippen molar-refractivity contribution in [3.63, 3.8) is 0 Å². The van der Waals surface area contributed by atoms with Crippen LogP contribution in [0.2, 0.25) is 0 Å². The summed E-state index contributed by atoms with van der Waals surface area (Å²) >= 11 is -0.138. The molecule has 0 aromatic heterocycles. The van der Waals surface area contributed by atoms with Gasteiger partial charge in [0.05, 0.1) is 0 Å². The molecule has 1 rings (SSSR count). The van der Waals surface area contributed by atoms with Crippen molar-refractivity contribution in [1.82, 2.24) is 0 Å². The fraction of sp³-hybridized carbons (Fsp3) is 1.00. The van der Waals surface area contributed by atoms with Crippen molar-refractivity contribution >= 4 is 0 Å². The van der Waals surface area contributed by atoms with Crippen molar-refractivity contribution < 1.29 is 25.9 Å². The molecule has 0 saturated heterocycles. The first-order valence-electron chi connectivity index (χ1n) is 2.26. The van der Waals surface area contributed by atoms with Gasteiger partial charge >= 0.3 is 52.8 Å². The first kappa shape index (κ1) is 5.75. The molecule has 1 aliphatic rings. The molecule has 0 amide bonds. The minimum absolute atomic E-state index is 0.138. The maximum atomic E-state index is 11.9. The van der Waals surface area contributed by atoms with E-state index in [2.05, 4.69) is 0 Å². The van der Waals surface area contributed by atoms with Gasteiger partial charge in [0.25, 0.3) is 0 Å². The second-order valence-corrected chi connectivity index (χ2v) is 3.58. The van der Waals surface area contributed by atoms with Crippen LogP contribution in [0.4, 0.5) is 4.39 Å². The maximum absolute atomic E-state index is 11.9. The Labute approximate surface area is 53.1 Å². The summed E-state index contributed by atoms with van der Waals surface area (Å²) in [4.78, 5) is 0. The van der Waals surface area contributed by atoms with Gasteiger partial charge in [0.15, 0.2) is 0 Å². The van der Waals surface area contributed by atoms with Gasteiger partial charge in [0.1, 0.15) is 0 Å². The van der Waals surface area contributed by atoms with Crippen molar-refractivity contribution in [3.8, 4) is 0 Å². The fourth-order valence-electron chi connectivity index (χ4n) is 0.485. The van der Waals surface area contributed by atoms with Gasteiger partial charge in [0.2, 0.25) is 0 Å². The number of hydrogen-bond donors (Lipinski definition) is 1. The quantitative estimate of drug-likeness (QED) is 0.303. The van der Waals surface area contributed by atoms with E-state index in [1.165, 1.54) is 0 Å². The predicted molar refractivity (Wildman–Crippen MR) is 22.1 cm³/mol. The Morgan fingerprint density at radius 1 is 1.86 bits per heavy atom. The molecular formula is C4H8FIN-. The Bertz CT molecular complexity index is 68.7. The van der Waals surface area contributed by atoms with Gasteiger partial charge in [-0.25, -0.2) is 0 Å². The number of alkyl halides is 2. The van der Waals surface area contributed by atoms with Crippen molar-refractivity contribution in [2.45, 2.75) is 12.6 Å². The second-order valence-electron chi connectivity index (χ2n) is 1.82. The van der Waals surface area contributed by atoms with Crippen LogP contribution in [0.1, 0.15) is 6.42 Å². The summed E-state index contributed by atoms with van der Waals surface area (Å²) in [6.45, 7) is 0. The first-order chi connectivity index (χ1) is 3.34. The Kier molecular flexibility index (Phi) is 1.86. The van der Waals surface area contributed by atoms with E-state index in [-0.39, 0.29) is 21.5 Å². The Morgan fingerprint density at radius 3 is 2.57 bits per heavy atom. The number of nitrogens with two attached hydrogens (primary N) is 1. The molecule has 0 spiro atoms. The van der Waals surface area contributed by atoms with Crippen molar-refractivity contribution in [2.75, 3.05) is 4.43 Å². The third kappa shape index (κ3) is 1.53. The molecule has 44 valence electrons. The second kappa shape index (κ2) is 2.26. The van der Waals surface area contributed by atoms with Crippen LogP contribution >= 0.6 is 0 Å². The Hall–Kier alpha value is 0.620. The summed E-state index contributed by atoms with van der Waals surface area (Å²) < 4.78 is 18.2. The van der Waals surface area contributed by atoms with E-state index in [0.29, 0.717) is 5.92 Å². The van der Waals surface area contributed by atoms with Gasteiger partial charge < -0.3 is 0 Å². The zero-order chi connectivity index (χ0) is 5.28. The standard InChI is InChI=1S/C4H8FIN/c5-4-1-3(4)2-6-7/h3-4H,1-2,7H2/q-1/t3-,4-/m0/s1. The molecule has 0 bridgehead atoms. The monoisotopic (exact) mass is 216 g/mol. The van der Waals surface area contributed by atoms with Gasteiger partial charge in [-0.3, -0.25) is 0 Å². The average molecular weight is 216 g/mol. The molecule has 0 heterocycles. The zero-order valence-electron chi connectivity index (χ0n) is 3.90. The molecule has 1 saturated carbocycles. The van der Waals surface area contributed by atoms with Crippen LogP contribution in [0.15, 0.2) is 0 Å². The summed E-state index contributed by atoms with van der Waals surface area (Å²) in [6.07, 6.45) is 0.306. The topological polar surface area (TPSA) is 26.0 Å². The van der Waals surface area contributed by atoms with E-state index in [0.717, 1.165) is 10.8 Å². The molecule has 1 fully saturated rings. The predicted octanol–water partition coefficient (Wildman–Crippen LogP) is -2.69. The molecule has 7 heavy (non-hydrogen) atoms. The Morgan fingerprint density at radius 2 is 2.43 bits per heavy atom. The summed E-state index contributed by atoms with van der Waals surface area (Å²) in [5.41, 5.74) is 0. The van der Waals surface area contributed by atoms with Crippen LogP contribution in [0.25, 0.3) is 0 Å². The van der Waals surface area contributed by atoms with Crippen LogP contribution in [-0.4, -0.2) is 10.6 Å². The normalized spacial score (nSPS) is 39.1. The van der Waals surface area contributed by atoms with Crippen molar-refractivity contribution in [3.05, 3.63) is 0 Å². The molecule has 0 radical (unpaired) electrons. The third-order valence-corrected chi connectivity index (χ3v) is 2.76. The van der Waals surface area contributed by atoms with E-state index in [1.807, 2.05) is 0 Å². The van der Waals surface area contributed by atoms with Gasteiger partial charge in [-0.1, -0.05) is 0 Å². The van der Waals surface area contributed by atoms with E-state index in [4.69, 9.17) is 3.95 Å².